The molecule has 0 spiro atoms. The minimum atomic E-state index is -2.23. The highest BCUT2D eigenvalue weighted by molar-refractivity contribution is 6.11. The van der Waals surface area contributed by atoms with Crippen LogP contribution in [-0.2, 0) is 9.53 Å². The number of halogens is 1. The number of ketones is 1. The van der Waals surface area contributed by atoms with Gasteiger partial charge in [-0.25, -0.2) is 9.18 Å². The van der Waals surface area contributed by atoms with E-state index in [2.05, 4.69) is 4.74 Å². The monoisotopic (exact) mass is 238 g/mol. The van der Waals surface area contributed by atoms with Crippen LogP contribution in [0, 0.1) is 6.92 Å². The molecule has 1 unspecified atom stereocenters. The molecule has 92 valence electrons. The second-order valence-electron chi connectivity index (χ2n) is 3.76. The molecule has 1 rings (SSSR count). The summed E-state index contributed by atoms with van der Waals surface area (Å²) in [5.41, 5.74) is 1.14. The lowest BCUT2D eigenvalue weighted by atomic mass is 10.1. The smallest absolute Gasteiger partial charge is 0.349 e. The largest absolute Gasteiger partial charge is 0.463 e. The Kier molecular flexibility index (Phi) is 4.82. The quantitative estimate of drug-likeness (QED) is 0.449. The number of benzene rings is 1. The Bertz CT molecular complexity index is 398. The first-order chi connectivity index (χ1) is 8.06. The summed E-state index contributed by atoms with van der Waals surface area (Å²) in [7, 11) is 0. The van der Waals surface area contributed by atoms with Crippen LogP contribution in [0.3, 0.4) is 0 Å². The summed E-state index contributed by atoms with van der Waals surface area (Å²) in [6.45, 7) is 3.78. The summed E-state index contributed by atoms with van der Waals surface area (Å²) >= 11 is 0. The van der Waals surface area contributed by atoms with Crippen molar-refractivity contribution < 1.29 is 18.7 Å². The summed E-state index contributed by atoms with van der Waals surface area (Å²) in [6, 6.07) is 6.38. The number of aryl methyl sites for hydroxylation is 1. The molecule has 0 aliphatic rings. The predicted octanol–water partition coefficient (Wildman–Crippen LogP) is 2.47. The van der Waals surface area contributed by atoms with Crippen LogP contribution < -0.4 is 0 Å². The maximum Gasteiger partial charge on any atom is 0.349 e. The van der Waals surface area contributed by atoms with Crippen molar-refractivity contribution in [2.45, 2.75) is 26.4 Å². The summed E-state index contributed by atoms with van der Waals surface area (Å²) in [5, 5.41) is 0. The molecule has 1 aromatic rings. The van der Waals surface area contributed by atoms with Gasteiger partial charge in [0.25, 0.3) is 6.17 Å². The number of Topliss-reactive ketones (excluding diaryl/α,β-unsaturated/α-hetero) is 1. The molecule has 0 fully saturated rings. The topological polar surface area (TPSA) is 43.4 Å². The van der Waals surface area contributed by atoms with E-state index >= 15 is 0 Å². The molecular formula is C13H15FO3. The Balaban J connectivity index is 2.69. The van der Waals surface area contributed by atoms with Gasteiger partial charge in [0.2, 0.25) is 5.78 Å². The fourth-order valence-electron chi connectivity index (χ4n) is 1.25. The zero-order valence-electron chi connectivity index (χ0n) is 9.90. The lowest BCUT2D eigenvalue weighted by Gasteiger charge is -2.07. The maximum atomic E-state index is 13.5. The Morgan fingerprint density at radius 2 is 1.88 bits per heavy atom. The Morgan fingerprint density at radius 3 is 2.41 bits per heavy atom. The molecule has 0 aliphatic heterocycles. The van der Waals surface area contributed by atoms with Crippen LogP contribution in [0.25, 0.3) is 0 Å². The standard InChI is InChI=1S/C13H15FO3/c1-3-8-17-13(16)11(14)12(15)10-6-4-9(2)5-7-10/h4-7,11H,3,8H2,1-2H3. The molecule has 0 radical (unpaired) electrons. The first-order valence-electron chi connectivity index (χ1n) is 5.48. The van der Waals surface area contributed by atoms with Gasteiger partial charge >= 0.3 is 5.97 Å². The minimum absolute atomic E-state index is 0.125. The van der Waals surface area contributed by atoms with E-state index in [1.807, 2.05) is 6.92 Å². The van der Waals surface area contributed by atoms with Crippen molar-refractivity contribution in [3.63, 3.8) is 0 Å². The third-order valence-corrected chi connectivity index (χ3v) is 2.22. The zero-order chi connectivity index (χ0) is 12.8. The summed E-state index contributed by atoms with van der Waals surface area (Å²) in [5.74, 6) is -1.97. The van der Waals surface area contributed by atoms with Crippen molar-refractivity contribution in [1.29, 1.82) is 0 Å². The third-order valence-electron chi connectivity index (χ3n) is 2.22. The normalized spacial score (nSPS) is 11.9. The molecule has 0 aliphatic carbocycles. The van der Waals surface area contributed by atoms with E-state index in [0.717, 1.165) is 5.56 Å². The van der Waals surface area contributed by atoms with Gasteiger partial charge < -0.3 is 4.74 Å². The molecule has 0 saturated heterocycles. The van der Waals surface area contributed by atoms with E-state index in [9.17, 15) is 14.0 Å². The highest BCUT2D eigenvalue weighted by atomic mass is 19.1. The number of hydrogen-bond acceptors (Lipinski definition) is 3. The lowest BCUT2D eigenvalue weighted by molar-refractivity contribution is -0.147. The van der Waals surface area contributed by atoms with E-state index in [-0.39, 0.29) is 12.2 Å². The Labute approximate surface area is 99.6 Å². The van der Waals surface area contributed by atoms with Crippen LogP contribution in [0.1, 0.15) is 29.3 Å². The molecule has 0 N–H and O–H groups in total. The van der Waals surface area contributed by atoms with Gasteiger partial charge in [-0.15, -0.1) is 0 Å². The van der Waals surface area contributed by atoms with Crippen LogP contribution in [0.15, 0.2) is 24.3 Å². The van der Waals surface area contributed by atoms with Crippen molar-refractivity contribution >= 4 is 11.8 Å². The van der Waals surface area contributed by atoms with Crippen LogP contribution in [0.5, 0.6) is 0 Å². The van der Waals surface area contributed by atoms with Gasteiger partial charge in [0.1, 0.15) is 0 Å². The van der Waals surface area contributed by atoms with Crippen LogP contribution >= 0.6 is 0 Å². The fraction of sp³-hybridized carbons (Fsp3) is 0.385. The van der Waals surface area contributed by atoms with Gasteiger partial charge in [0.15, 0.2) is 0 Å². The number of ether oxygens (including phenoxy) is 1. The van der Waals surface area contributed by atoms with Gasteiger partial charge in [0.05, 0.1) is 6.61 Å². The summed E-state index contributed by atoms with van der Waals surface area (Å²) in [4.78, 5) is 22.8. The van der Waals surface area contributed by atoms with E-state index in [1.54, 1.807) is 19.1 Å². The van der Waals surface area contributed by atoms with Crippen molar-refractivity contribution in [3.05, 3.63) is 35.4 Å². The second-order valence-corrected chi connectivity index (χ2v) is 3.76. The number of hydrogen-bond donors (Lipinski definition) is 0. The molecule has 4 heteroatoms. The van der Waals surface area contributed by atoms with E-state index in [1.165, 1.54) is 12.1 Å². The minimum Gasteiger partial charge on any atom is -0.463 e. The van der Waals surface area contributed by atoms with E-state index < -0.39 is 17.9 Å². The first kappa shape index (κ1) is 13.4. The highest BCUT2D eigenvalue weighted by Crippen LogP contribution is 2.09. The SMILES string of the molecule is CCCOC(=O)C(F)C(=O)c1ccc(C)cc1. The molecular weight excluding hydrogens is 223 g/mol. The molecule has 17 heavy (non-hydrogen) atoms. The molecule has 3 nitrogen and oxygen atoms in total. The predicted molar refractivity (Wildman–Crippen MR) is 61.7 cm³/mol. The summed E-state index contributed by atoms with van der Waals surface area (Å²) < 4.78 is 18.1. The number of alkyl halides is 1. The van der Waals surface area contributed by atoms with Crippen LogP contribution in [-0.4, -0.2) is 24.5 Å². The highest BCUT2D eigenvalue weighted by Gasteiger charge is 2.28. The van der Waals surface area contributed by atoms with Crippen molar-refractivity contribution in [2.75, 3.05) is 6.61 Å². The average Bonchev–Trinajstić information content (AvgIpc) is 2.35. The molecule has 1 aromatic carbocycles. The molecule has 1 atom stereocenters. The van der Waals surface area contributed by atoms with Gasteiger partial charge in [-0.1, -0.05) is 36.8 Å². The maximum absolute atomic E-state index is 13.5. The fourth-order valence-corrected chi connectivity index (χ4v) is 1.25. The number of carbonyl (C=O) groups is 2. The Morgan fingerprint density at radius 1 is 1.29 bits per heavy atom. The number of carbonyl (C=O) groups excluding carboxylic acids is 2. The average molecular weight is 238 g/mol. The van der Waals surface area contributed by atoms with E-state index in [0.29, 0.717) is 6.42 Å². The van der Waals surface area contributed by atoms with Crippen molar-refractivity contribution in [2.24, 2.45) is 0 Å². The number of esters is 1. The van der Waals surface area contributed by atoms with Crippen molar-refractivity contribution in [1.82, 2.24) is 0 Å². The van der Waals surface area contributed by atoms with Crippen LogP contribution in [0.4, 0.5) is 4.39 Å². The third kappa shape index (κ3) is 3.66. The molecule has 0 aromatic heterocycles. The summed E-state index contributed by atoms with van der Waals surface area (Å²) in [6.07, 6.45) is -1.64. The number of rotatable bonds is 5. The van der Waals surface area contributed by atoms with Crippen LogP contribution in [0.2, 0.25) is 0 Å². The second kappa shape index (κ2) is 6.13. The molecule has 0 bridgehead atoms. The first-order valence-corrected chi connectivity index (χ1v) is 5.48. The lowest BCUT2D eigenvalue weighted by Crippen LogP contribution is -2.28. The zero-order valence-corrected chi connectivity index (χ0v) is 9.90. The van der Waals surface area contributed by atoms with Gasteiger partial charge in [-0.05, 0) is 13.3 Å². The Hall–Kier alpha value is -1.71. The van der Waals surface area contributed by atoms with E-state index in [4.69, 9.17) is 0 Å². The molecule has 0 heterocycles. The molecule has 0 amide bonds. The van der Waals surface area contributed by atoms with Crippen molar-refractivity contribution in [3.8, 4) is 0 Å². The molecule has 0 saturated carbocycles. The van der Waals surface area contributed by atoms with Gasteiger partial charge in [-0.3, -0.25) is 4.79 Å². The van der Waals surface area contributed by atoms with Gasteiger partial charge in [-0.2, -0.15) is 0 Å². The van der Waals surface area contributed by atoms with Gasteiger partial charge in [0, 0.05) is 5.56 Å².